The Kier molecular flexibility index (Phi) is 9.41. The molecule has 4 aromatic carbocycles. The quantitative estimate of drug-likeness (QED) is 0.230. The fraction of sp³-hybridized carbons (Fsp3) is 0.286. The van der Waals surface area contributed by atoms with Gasteiger partial charge in [-0.3, -0.25) is 4.90 Å². The molecular formula is C35H40N2O5SSi. The van der Waals surface area contributed by atoms with E-state index in [1.54, 1.807) is 29.2 Å². The van der Waals surface area contributed by atoms with Gasteiger partial charge in [0.25, 0.3) is 8.32 Å². The van der Waals surface area contributed by atoms with Gasteiger partial charge in [-0.25, -0.2) is 17.9 Å². The van der Waals surface area contributed by atoms with Crippen LogP contribution in [0, 0.1) is 6.92 Å². The van der Waals surface area contributed by atoms with Gasteiger partial charge in [-0.2, -0.15) is 0 Å². The highest BCUT2D eigenvalue weighted by molar-refractivity contribution is 7.89. The largest absolute Gasteiger partial charge is 0.447 e. The van der Waals surface area contributed by atoms with Crippen molar-refractivity contribution in [2.75, 3.05) is 13.2 Å². The van der Waals surface area contributed by atoms with E-state index in [0.29, 0.717) is 0 Å². The Labute approximate surface area is 262 Å². The molecule has 0 unspecified atom stereocenters. The molecule has 5 rings (SSSR count). The van der Waals surface area contributed by atoms with E-state index in [-0.39, 0.29) is 29.7 Å². The van der Waals surface area contributed by atoms with Crippen LogP contribution in [0.1, 0.15) is 31.9 Å². The molecule has 9 heteroatoms. The number of carbonyl (C=O) groups is 1. The van der Waals surface area contributed by atoms with Crippen LogP contribution < -0.4 is 15.1 Å². The molecule has 2 atom stereocenters. The minimum absolute atomic E-state index is 0.0327. The zero-order chi connectivity index (χ0) is 31.4. The van der Waals surface area contributed by atoms with Gasteiger partial charge in [-0.15, -0.1) is 0 Å². The Morgan fingerprint density at radius 1 is 0.864 bits per heavy atom. The molecule has 44 heavy (non-hydrogen) atoms. The van der Waals surface area contributed by atoms with Gasteiger partial charge >= 0.3 is 6.09 Å². The number of sulfonamides is 1. The molecule has 0 aliphatic carbocycles. The predicted octanol–water partition coefficient (Wildman–Crippen LogP) is 5.24. The van der Waals surface area contributed by atoms with Gasteiger partial charge < -0.3 is 9.16 Å². The Morgan fingerprint density at radius 3 is 1.91 bits per heavy atom. The molecule has 0 spiro atoms. The normalized spacial score (nSPS) is 16.5. The first-order chi connectivity index (χ1) is 21.0. The molecule has 1 aliphatic heterocycles. The summed E-state index contributed by atoms with van der Waals surface area (Å²) in [7, 11) is -6.99. The minimum atomic E-state index is -3.97. The number of benzene rings is 4. The third kappa shape index (κ3) is 6.66. The zero-order valence-electron chi connectivity index (χ0n) is 25.6. The topological polar surface area (TPSA) is 84.9 Å². The molecule has 0 aromatic heterocycles. The Morgan fingerprint density at radius 2 is 1.39 bits per heavy atom. The molecule has 1 aliphatic rings. The second-order valence-corrected chi connectivity index (χ2v) is 18.3. The van der Waals surface area contributed by atoms with Crippen molar-refractivity contribution >= 4 is 34.8 Å². The maximum absolute atomic E-state index is 13.8. The van der Waals surface area contributed by atoms with Crippen LogP contribution in [0.2, 0.25) is 5.04 Å². The maximum Gasteiger partial charge on any atom is 0.410 e. The Balaban J connectivity index is 1.57. The van der Waals surface area contributed by atoms with Gasteiger partial charge in [0.15, 0.2) is 0 Å². The van der Waals surface area contributed by atoms with Crippen molar-refractivity contribution in [2.45, 2.75) is 56.3 Å². The number of nitrogens with one attached hydrogen (secondary N) is 1. The highest BCUT2D eigenvalue weighted by Crippen LogP contribution is 2.37. The monoisotopic (exact) mass is 628 g/mol. The number of carbonyl (C=O) groups excluding carboxylic acids is 1. The average Bonchev–Trinajstić information content (AvgIpc) is 3.37. The lowest BCUT2D eigenvalue weighted by molar-refractivity contribution is 0.152. The molecule has 1 heterocycles. The minimum Gasteiger partial charge on any atom is -0.447 e. The van der Waals surface area contributed by atoms with E-state index in [9.17, 15) is 13.2 Å². The lowest BCUT2D eigenvalue weighted by atomic mass is 10.1. The number of hydrogen-bond donors (Lipinski definition) is 1. The summed E-state index contributed by atoms with van der Waals surface area (Å²) in [6.07, 6.45) is -0.483. The second kappa shape index (κ2) is 13.1. The van der Waals surface area contributed by atoms with Gasteiger partial charge in [-0.05, 0) is 40.0 Å². The van der Waals surface area contributed by atoms with E-state index in [4.69, 9.17) is 9.16 Å². The zero-order valence-corrected chi connectivity index (χ0v) is 27.5. The van der Waals surface area contributed by atoms with Crippen molar-refractivity contribution in [3.05, 3.63) is 126 Å². The van der Waals surface area contributed by atoms with Gasteiger partial charge in [-0.1, -0.05) is 129 Å². The standard InChI is InChI=1S/C35H40N2O5SSi/c1-27-20-22-29(23-21-27)43(39,40)36-32(33-26-41-34(38)37(33)24-28-14-8-5-9-15-28)25-42-44(35(2,3)4,30-16-10-6-11-17-30)31-18-12-7-13-19-31/h5-23,32-33,36H,24-26H2,1-4H3/t32-,33-/m0/s1. The molecule has 230 valence electrons. The van der Waals surface area contributed by atoms with E-state index in [0.717, 1.165) is 21.5 Å². The third-order valence-electron chi connectivity index (χ3n) is 8.21. The molecule has 1 saturated heterocycles. The van der Waals surface area contributed by atoms with Gasteiger partial charge in [0.2, 0.25) is 10.0 Å². The van der Waals surface area contributed by atoms with Crippen LogP contribution >= 0.6 is 0 Å². The van der Waals surface area contributed by atoms with Crippen molar-refractivity contribution in [1.29, 1.82) is 0 Å². The van der Waals surface area contributed by atoms with Gasteiger partial charge in [0.05, 0.1) is 23.6 Å². The fourth-order valence-electron chi connectivity index (χ4n) is 5.94. The van der Waals surface area contributed by atoms with Crippen LogP contribution in [-0.2, 0) is 25.7 Å². The van der Waals surface area contributed by atoms with Crippen molar-refractivity contribution in [3.8, 4) is 0 Å². The maximum atomic E-state index is 13.8. The van der Waals surface area contributed by atoms with Gasteiger partial charge in [0.1, 0.15) is 6.61 Å². The Hall–Kier alpha value is -3.76. The summed E-state index contributed by atoms with van der Waals surface area (Å²) in [5.41, 5.74) is 1.88. The summed E-state index contributed by atoms with van der Waals surface area (Å²) in [5, 5.41) is 1.85. The first-order valence-electron chi connectivity index (χ1n) is 14.8. The second-order valence-electron chi connectivity index (χ2n) is 12.3. The van der Waals surface area contributed by atoms with E-state index >= 15 is 0 Å². The van der Waals surface area contributed by atoms with E-state index in [1.165, 1.54) is 0 Å². The highest BCUT2D eigenvalue weighted by atomic mass is 32.2. The van der Waals surface area contributed by atoms with Crippen LogP contribution in [0.5, 0.6) is 0 Å². The van der Waals surface area contributed by atoms with E-state index in [2.05, 4.69) is 49.8 Å². The van der Waals surface area contributed by atoms with Crippen LogP contribution in [0.15, 0.2) is 120 Å². The summed E-state index contributed by atoms with van der Waals surface area (Å²) in [6, 6.07) is 35.4. The van der Waals surface area contributed by atoms with Gasteiger partial charge in [0, 0.05) is 6.54 Å². The molecule has 1 fully saturated rings. The summed E-state index contributed by atoms with van der Waals surface area (Å²) in [5.74, 6) is 0. The predicted molar refractivity (Wildman–Crippen MR) is 176 cm³/mol. The summed E-state index contributed by atoms with van der Waals surface area (Å²) >= 11 is 0. The first kappa shape index (κ1) is 31.7. The molecule has 7 nitrogen and oxygen atoms in total. The molecule has 0 saturated carbocycles. The molecule has 1 N–H and O–H groups in total. The number of cyclic esters (lactones) is 1. The lowest BCUT2D eigenvalue weighted by Gasteiger charge is -2.44. The average molecular weight is 629 g/mol. The summed E-state index contributed by atoms with van der Waals surface area (Å²) < 4.78 is 43.3. The Bertz CT molecular complexity index is 1610. The molecule has 0 bridgehead atoms. The number of nitrogens with zero attached hydrogens (tertiary/aromatic N) is 1. The number of hydrogen-bond acceptors (Lipinski definition) is 5. The SMILES string of the molecule is Cc1ccc(S(=O)(=O)N[C@@H](CO[Si](c2ccccc2)(c2ccccc2)C(C)(C)C)[C@@H]2COC(=O)N2Cc2ccccc2)cc1. The molecule has 4 aromatic rings. The molecular weight excluding hydrogens is 589 g/mol. The first-order valence-corrected chi connectivity index (χ1v) is 18.2. The number of ether oxygens (including phenoxy) is 1. The third-order valence-corrected chi connectivity index (χ3v) is 14.7. The molecule has 1 amide bonds. The molecule has 0 radical (unpaired) electrons. The summed E-state index contributed by atoms with van der Waals surface area (Å²) in [6.45, 7) is 8.79. The van der Waals surface area contributed by atoms with Crippen LogP contribution in [0.3, 0.4) is 0 Å². The fourth-order valence-corrected chi connectivity index (χ4v) is 11.8. The summed E-state index contributed by atoms with van der Waals surface area (Å²) in [4.78, 5) is 14.8. The highest BCUT2D eigenvalue weighted by Gasteiger charge is 2.51. The van der Waals surface area contributed by atoms with Crippen LogP contribution in [0.4, 0.5) is 4.79 Å². The van der Waals surface area contributed by atoms with Crippen LogP contribution in [-0.4, -0.2) is 53.0 Å². The van der Waals surface area contributed by atoms with Crippen LogP contribution in [0.25, 0.3) is 0 Å². The number of amides is 1. The van der Waals surface area contributed by atoms with Crippen molar-refractivity contribution in [3.63, 3.8) is 0 Å². The number of rotatable bonds is 11. The van der Waals surface area contributed by atoms with Crippen molar-refractivity contribution < 1.29 is 22.4 Å². The van der Waals surface area contributed by atoms with Crippen molar-refractivity contribution in [1.82, 2.24) is 9.62 Å². The van der Waals surface area contributed by atoms with Crippen molar-refractivity contribution in [2.24, 2.45) is 0 Å². The van der Waals surface area contributed by atoms with E-state index < -0.39 is 36.5 Å². The number of aryl methyl sites for hydroxylation is 1. The van der Waals surface area contributed by atoms with E-state index in [1.807, 2.05) is 73.7 Å². The lowest BCUT2D eigenvalue weighted by Crippen LogP contribution is -2.68. The smallest absolute Gasteiger partial charge is 0.410 e.